The molecule has 0 aromatic carbocycles. The number of hydrogen-bond donors (Lipinski definition) is 1. The Labute approximate surface area is 50.1 Å². The van der Waals surface area contributed by atoms with Crippen LogP contribution < -0.4 is 0 Å². The zero-order chi connectivity index (χ0) is 6.15. The highest BCUT2D eigenvalue weighted by atomic mass is 16.3. The molecule has 0 radical (unpaired) electrons. The second-order valence-electron chi connectivity index (χ2n) is 2.74. The third-order valence-electron chi connectivity index (χ3n) is 1.82. The molecule has 0 heterocycles. The van der Waals surface area contributed by atoms with Crippen LogP contribution in [0.1, 0.15) is 12.8 Å². The Balaban J connectivity index is 2.15. The smallest absolute Gasteiger partial charge is 0.0570 e. The first kappa shape index (κ1) is 6.05. The zero-order valence-electron chi connectivity index (χ0n) is 5.46. The summed E-state index contributed by atoms with van der Waals surface area (Å²) in [5.41, 5.74) is 0. The van der Waals surface area contributed by atoms with E-state index in [1.807, 2.05) is 0 Å². The molecule has 0 aromatic rings. The SMILES string of the molecule is CN(C)C1CC(O)C1. The van der Waals surface area contributed by atoms with E-state index in [9.17, 15) is 0 Å². The molecule has 2 nitrogen and oxygen atoms in total. The zero-order valence-corrected chi connectivity index (χ0v) is 5.46. The lowest BCUT2D eigenvalue weighted by atomic mass is 9.89. The van der Waals surface area contributed by atoms with Crippen LogP contribution in [-0.4, -0.2) is 36.2 Å². The van der Waals surface area contributed by atoms with Gasteiger partial charge in [-0.1, -0.05) is 0 Å². The Kier molecular flexibility index (Phi) is 1.54. The van der Waals surface area contributed by atoms with E-state index >= 15 is 0 Å². The molecule has 1 N–H and O–H groups in total. The monoisotopic (exact) mass is 115 g/mol. The van der Waals surface area contributed by atoms with Crippen molar-refractivity contribution in [1.29, 1.82) is 0 Å². The van der Waals surface area contributed by atoms with Crippen LogP contribution in [0.3, 0.4) is 0 Å². The molecule has 1 aliphatic carbocycles. The van der Waals surface area contributed by atoms with E-state index in [1.165, 1.54) is 0 Å². The van der Waals surface area contributed by atoms with Crippen LogP contribution >= 0.6 is 0 Å². The Hall–Kier alpha value is -0.0800. The Morgan fingerprint density at radius 1 is 1.38 bits per heavy atom. The lowest BCUT2D eigenvalue weighted by Crippen LogP contribution is -2.43. The van der Waals surface area contributed by atoms with Gasteiger partial charge >= 0.3 is 0 Å². The molecule has 1 saturated carbocycles. The minimum Gasteiger partial charge on any atom is -0.393 e. The molecule has 0 aromatic heterocycles. The van der Waals surface area contributed by atoms with E-state index < -0.39 is 0 Å². The van der Waals surface area contributed by atoms with Crippen molar-refractivity contribution in [2.45, 2.75) is 25.0 Å². The normalized spacial score (nSPS) is 37.5. The van der Waals surface area contributed by atoms with Crippen LogP contribution in [0.25, 0.3) is 0 Å². The number of aliphatic hydroxyl groups excluding tert-OH is 1. The van der Waals surface area contributed by atoms with Gasteiger partial charge in [0.05, 0.1) is 6.10 Å². The molecule has 8 heavy (non-hydrogen) atoms. The van der Waals surface area contributed by atoms with Crippen LogP contribution in [0, 0.1) is 0 Å². The van der Waals surface area contributed by atoms with Gasteiger partial charge in [-0.3, -0.25) is 0 Å². The van der Waals surface area contributed by atoms with Gasteiger partial charge < -0.3 is 10.0 Å². The fraction of sp³-hybridized carbons (Fsp3) is 1.00. The predicted molar refractivity (Wildman–Crippen MR) is 32.7 cm³/mol. The summed E-state index contributed by atoms with van der Waals surface area (Å²) in [6.45, 7) is 0. The molecule has 0 bridgehead atoms. The van der Waals surface area contributed by atoms with Crippen molar-refractivity contribution >= 4 is 0 Å². The highest BCUT2D eigenvalue weighted by Crippen LogP contribution is 2.22. The van der Waals surface area contributed by atoms with Gasteiger partial charge in [0.1, 0.15) is 0 Å². The molecule has 0 saturated heterocycles. The maximum atomic E-state index is 8.84. The fourth-order valence-electron chi connectivity index (χ4n) is 0.981. The minimum atomic E-state index is -0.0117. The second kappa shape index (κ2) is 2.03. The molecule has 1 rings (SSSR count). The summed E-state index contributed by atoms with van der Waals surface area (Å²) >= 11 is 0. The molecule has 0 amide bonds. The first-order valence-electron chi connectivity index (χ1n) is 3.04. The number of nitrogens with zero attached hydrogens (tertiary/aromatic N) is 1. The summed E-state index contributed by atoms with van der Waals surface area (Å²) in [5.74, 6) is 0. The second-order valence-corrected chi connectivity index (χ2v) is 2.74. The first-order valence-corrected chi connectivity index (χ1v) is 3.04. The summed E-state index contributed by atoms with van der Waals surface area (Å²) in [6, 6.07) is 0.644. The summed E-state index contributed by atoms with van der Waals surface area (Å²) in [7, 11) is 4.10. The molecule has 0 spiro atoms. The number of aliphatic hydroxyl groups is 1. The fourth-order valence-corrected chi connectivity index (χ4v) is 0.981. The molecule has 0 aliphatic heterocycles. The topological polar surface area (TPSA) is 23.5 Å². The minimum absolute atomic E-state index is 0.0117. The quantitative estimate of drug-likeness (QED) is 0.523. The Morgan fingerprint density at radius 3 is 2.00 bits per heavy atom. The van der Waals surface area contributed by atoms with Gasteiger partial charge in [0.25, 0.3) is 0 Å². The maximum Gasteiger partial charge on any atom is 0.0570 e. The summed E-state index contributed by atoms with van der Waals surface area (Å²) < 4.78 is 0. The third-order valence-corrected chi connectivity index (χ3v) is 1.82. The van der Waals surface area contributed by atoms with Crippen molar-refractivity contribution in [2.75, 3.05) is 14.1 Å². The van der Waals surface area contributed by atoms with Crippen molar-refractivity contribution in [1.82, 2.24) is 4.90 Å². The van der Waals surface area contributed by atoms with Gasteiger partial charge in [0.2, 0.25) is 0 Å². The van der Waals surface area contributed by atoms with E-state index in [2.05, 4.69) is 19.0 Å². The van der Waals surface area contributed by atoms with Gasteiger partial charge in [-0.2, -0.15) is 0 Å². The molecular weight excluding hydrogens is 102 g/mol. The van der Waals surface area contributed by atoms with Crippen molar-refractivity contribution in [3.8, 4) is 0 Å². The van der Waals surface area contributed by atoms with E-state index in [0.29, 0.717) is 6.04 Å². The molecule has 1 aliphatic rings. The van der Waals surface area contributed by atoms with Crippen LogP contribution in [-0.2, 0) is 0 Å². The lowest BCUT2D eigenvalue weighted by Gasteiger charge is -2.36. The average molecular weight is 115 g/mol. The highest BCUT2D eigenvalue weighted by Gasteiger charge is 2.28. The van der Waals surface area contributed by atoms with Crippen LogP contribution in [0.2, 0.25) is 0 Å². The van der Waals surface area contributed by atoms with E-state index in [4.69, 9.17) is 5.11 Å². The van der Waals surface area contributed by atoms with Gasteiger partial charge in [-0.25, -0.2) is 0 Å². The van der Waals surface area contributed by atoms with Crippen LogP contribution in [0.15, 0.2) is 0 Å². The summed E-state index contributed by atoms with van der Waals surface area (Å²) in [5, 5.41) is 8.84. The van der Waals surface area contributed by atoms with Crippen molar-refractivity contribution in [3.63, 3.8) is 0 Å². The van der Waals surface area contributed by atoms with Crippen LogP contribution in [0.5, 0.6) is 0 Å². The molecule has 0 atom stereocenters. The van der Waals surface area contributed by atoms with Gasteiger partial charge in [-0.05, 0) is 26.9 Å². The van der Waals surface area contributed by atoms with Crippen LogP contribution in [0.4, 0.5) is 0 Å². The summed E-state index contributed by atoms with van der Waals surface area (Å²) in [6.07, 6.45) is 1.92. The molecule has 0 unspecified atom stereocenters. The number of rotatable bonds is 1. The van der Waals surface area contributed by atoms with Gasteiger partial charge in [0.15, 0.2) is 0 Å². The third kappa shape index (κ3) is 1.01. The standard InChI is InChI=1S/C6H13NO/c1-7(2)5-3-6(8)4-5/h5-6,8H,3-4H2,1-2H3. The Morgan fingerprint density at radius 2 is 1.88 bits per heavy atom. The molecule has 48 valence electrons. The summed E-state index contributed by atoms with van der Waals surface area (Å²) in [4.78, 5) is 2.16. The van der Waals surface area contributed by atoms with Crippen molar-refractivity contribution in [3.05, 3.63) is 0 Å². The first-order chi connectivity index (χ1) is 3.70. The van der Waals surface area contributed by atoms with E-state index in [-0.39, 0.29) is 6.10 Å². The molecule has 1 fully saturated rings. The van der Waals surface area contributed by atoms with E-state index in [0.717, 1.165) is 12.8 Å². The van der Waals surface area contributed by atoms with Gasteiger partial charge in [-0.15, -0.1) is 0 Å². The molecular formula is C6H13NO. The largest absolute Gasteiger partial charge is 0.393 e. The average Bonchev–Trinajstić information content (AvgIpc) is 1.57. The highest BCUT2D eigenvalue weighted by molar-refractivity contribution is 4.83. The lowest BCUT2D eigenvalue weighted by molar-refractivity contribution is 0.0219. The van der Waals surface area contributed by atoms with Crippen molar-refractivity contribution in [2.24, 2.45) is 0 Å². The predicted octanol–water partition coefficient (Wildman–Crippen LogP) is 0.0713. The number of hydrogen-bond acceptors (Lipinski definition) is 2. The van der Waals surface area contributed by atoms with Crippen molar-refractivity contribution < 1.29 is 5.11 Å². The van der Waals surface area contributed by atoms with E-state index in [1.54, 1.807) is 0 Å². The molecule has 2 heteroatoms. The van der Waals surface area contributed by atoms with Gasteiger partial charge in [0, 0.05) is 6.04 Å². The Bertz CT molecular complexity index is 76.6. The maximum absolute atomic E-state index is 8.84.